The fourth-order valence-corrected chi connectivity index (χ4v) is 7.09. The number of benzene rings is 2. The lowest BCUT2D eigenvalue weighted by molar-refractivity contribution is -0.134. The van der Waals surface area contributed by atoms with Crippen molar-refractivity contribution in [2.45, 2.75) is 74.5 Å². The standard InChI is InChI=1S/C30H39N3O7S/c1-33-26-13-12-23(17-29(34)31-18-20-7-4-3-5-8-20)40-28(26)19-39-27-14-11-21(15-25(27)30(33)35)32-41(36,37)24-10-6-9-22(16-24)38-2/h6,9-11,14-16,20,23,26,28,32H,3-5,7-8,12-13,17-19H2,1-2H3,(H,31,34)/t23-,26-,28-/m1/s1. The molecule has 0 aromatic heterocycles. The number of rotatable bonds is 8. The van der Waals surface area contributed by atoms with Crippen LogP contribution in [0.4, 0.5) is 5.69 Å². The Bertz CT molecular complexity index is 1360. The second-order valence-corrected chi connectivity index (χ2v) is 12.9. The van der Waals surface area contributed by atoms with Gasteiger partial charge in [0.05, 0.1) is 36.1 Å². The van der Waals surface area contributed by atoms with Crippen molar-refractivity contribution < 1.29 is 32.2 Å². The van der Waals surface area contributed by atoms with Gasteiger partial charge in [0.2, 0.25) is 5.91 Å². The van der Waals surface area contributed by atoms with Crippen LogP contribution in [0.15, 0.2) is 47.4 Å². The fourth-order valence-electron chi connectivity index (χ4n) is 6.00. The molecular formula is C30H39N3O7S. The summed E-state index contributed by atoms with van der Waals surface area (Å²) in [5.74, 6) is 1.05. The Hall–Kier alpha value is -3.31. The summed E-state index contributed by atoms with van der Waals surface area (Å²) in [7, 11) is -0.723. The van der Waals surface area contributed by atoms with E-state index in [9.17, 15) is 18.0 Å². The summed E-state index contributed by atoms with van der Waals surface area (Å²) in [6.45, 7) is 0.941. The van der Waals surface area contributed by atoms with E-state index in [2.05, 4.69) is 10.0 Å². The molecular weight excluding hydrogens is 546 g/mol. The van der Waals surface area contributed by atoms with Crippen LogP contribution in [0.3, 0.4) is 0 Å². The predicted molar refractivity (Wildman–Crippen MR) is 154 cm³/mol. The Morgan fingerprint density at radius 3 is 2.66 bits per heavy atom. The van der Waals surface area contributed by atoms with E-state index in [0.717, 1.165) is 6.54 Å². The van der Waals surface area contributed by atoms with Gasteiger partial charge in [-0.3, -0.25) is 14.3 Å². The summed E-state index contributed by atoms with van der Waals surface area (Å²) in [4.78, 5) is 27.9. The molecule has 5 rings (SSSR count). The van der Waals surface area contributed by atoms with Gasteiger partial charge in [-0.2, -0.15) is 0 Å². The van der Waals surface area contributed by atoms with Crippen LogP contribution in [0.5, 0.6) is 11.5 Å². The smallest absolute Gasteiger partial charge is 0.262 e. The molecule has 0 unspecified atom stereocenters. The zero-order valence-electron chi connectivity index (χ0n) is 23.6. The highest BCUT2D eigenvalue weighted by molar-refractivity contribution is 7.92. The summed E-state index contributed by atoms with van der Waals surface area (Å²) in [5, 5.41) is 3.09. The van der Waals surface area contributed by atoms with E-state index in [1.54, 1.807) is 36.2 Å². The minimum Gasteiger partial charge on any atom is -0.497 e. The lowest BCUT2D eigenvalue weighted by atomic mass is 9.89. The number of carbonyl (C=O) groups excluding carboxylic acids is 2. The van der Waals surface area contributed by atoms with Gasteiger partial charge in [-0.05, 0) is 61.9 Å². The molecule has 222 valence electrons. The first-order valence-corrected chi connectivity index (χ1v) is 15.8. The monoisotopic (exact) mass is 585 g/mol. The summed E-state index contributed by atoms with van der Waals surface area (Å²) in [5.41, 5.74) is 0.509. The van der Waals surface area contributed by atoms with Gasteiger partial charge in [0.1, 0.15) is 24.2 Å². The van der Waals surface area contributed by atoms with E-state index in [0.29, 0.717) is 36.7 Å². The van der Waals surface area contributed by atoms with Crippen LogP contribution < -0.4 is 19.5 Å². The molecule has 2 aromatic carbocycles. The van der Waals surface area contributed by atoms with Crippen LogP contribution in [-0.2, 0) is 19.6 Å². The van der Waals surface area contributed by atoms with Crippen molar-refractivity contribution in [3.05, 3.63) is 48.0 Å². The van der Waals surface area contributed by atoms with E-state index >= 15 is 0 Å². The molecule has 3 atom stereocenters. The molecule has 2 N–H and O–H groups in total. The molecule has 41 heavy (non-hydrogen) atoms. The molecule has 1 aliphatic carbocycles. The van der Waals surface area contributed by atoms with Gasteiger partial charge < -0.3 is 24.4 Å². The van der Waals surface area contributed by atoms with Gasteiger partial charge in [0, 0.05) is 25.3 Å². The summed E-state index contributed by atoms with van der Waals surface area (Å²) >= 11 is 0. The van der Waals surface area contributed by atoms with E-state index in [4.69, 9.17) is 14.2 Å². The average molecular weight is 586 g/mol. The summed E-state index contributed by atoms with van der Waals surface area (Å²) < 4.78 is 46.0. The van der Waals surface area contributed by atoms with Crippen molar-refractivity contribution in [1.29, 1.82) is 0 Å². The maximum Gasteiger partial charge on any atom is 0.262 e. The van der Waals surface area contributed by atoms with E-state index < -0.39 is 10.0 Å². The van der Waals surface area contributed by atoms with Gasteiger partial charge in [0.25, 0.3) is 15.9 Å². The molecule has 2 aliphatic heterocycles. The average Bonchev–Trinajstić information content (AvgIpc) is 2.98. The van der Waals surface area contributed by atoms with Crippen LogP contribution in [-0.4, -0.2) is 70.7 Å². The number of anilines is 1. The zero-order chi connectivity index (χ0) is 29.0. The quantitative estimate of drug-likeness (QED) is 0.481. The van der Waals surface area contributed by atoms with Gasteiger partial charge in [0.15, 0.2) is 0 Å². The summed E-state index contributed by atoms with van der Waals surface area (Å²) in [6, 6.07) is 10.6. The Balaban J connectivity index is 1.23. The van der Waals surface area contributed by atoms with Gasteiger partial charge in [-0.1, -0.05) is 25.3 Å². The molecule has 2 aromatic rings. The van der Waals surface area contributed by atoms with Crippen LogP contribution in [0.25, 0.3) is 0 Å². The molecule has 2 heterocycles. The van der Waals surface area contributed by atoms with Crippen molar-refractivity contribution in [3.8, 4) is 11.5 Å². The Kier molecular flexibility index (Phi) is 9.03. The first-order valence-electron chi connectivity index (χ1n) is 14.4. The van der Waals surface area contributed by atoms with Crippen LogP contribution >= 0.6 is 0 Å². The Morgan fingerprint density at radius 1 is 1.07 bits per heavy atom. The maximum atomic E-state index is 13.5. The number of methoxy groups -OCH3 is 1. The van der Waals surface area contributed by atoms with E-state index in [1.807, 2.05) is 0 Å². The van der Waals surface area contributed by atoms with Gasteiger partial charge in [-0.25, -0.2) is 8.42 Å². The number of hydrogen-bond acceptors (Lipinski definition) is 7. The molecule has 1 saturated heterocycles. The second-order valence-electron chi connectivity index (χ2n) is 11.2. The number of nitrogens with zero attached hydrogens (tertiary/aromatic N) is 1. The Morgan fingerprint density at radius 2 is 1.88 bits per heavy atom. The van der Waals surface area contributed by atoms with Crippen molar-refractivity contribution in [1.82, 2.24) is 10.2 Å². The van der Waals surface area contributed by atoms with E-state index in [1.165, 1.54) is 57.4 Å². The first kappa shape index (κ1) is 29.2. The van der Waals surface area contributed by atoms with Gasteiger partial charge >= 0.3 is 0 Å². The number of amides is 2. The third-order valence-electron chi connectivity index (χ3n) is 8.34. The lowest BCUT2D eigenvalue weighted by Crippen LogP contribution is -2.54. The van der Waals surface area contributed by atoms with Crippen molar-refractivity contribution in [2.24, 2.45) is 5.92 Å². The molecule has 11 heteroatoms. The largest absolute Gasteiger partial charge is 0.497 e. The highest BCUT2D eigenvalue weighted by Crippen LogP contribution is 2.33. The molecule has 0 spiro atoms. The molecule has 1 saturated carbocycles. The highest BCUT2D eigenvalue weighted by Gasteiger charge is 2.39. The number of nitrogens with one attached hydrogen (secondary N) is 2. The normalized spacial score (nSPS) is 23.3. The second kappa shape index (κ2) is 12.7. The topological polar surface area (TPSA) is 123 Å². The number of hydrogen-bond donors (Lipinski definition) is 2. The van der Waals surface area contributed by atoms with Crippen LogP contribution in [0.1, 0.15) is 61.7 Å². The molecule has 3 aliphatic rings. The van der Waals surface area contributed by atoms with Crippen LogP contribution in [0.2, 0.25) is 0 Å². The van der Waals surface area contributed by atoms with E-state index in [-0.39, 0.29) is 52.8 Å². The zero-order valence-corrected chi connectivity index (χ0v) is 24.5. The number of carbonyl (C=O) groups is 2. The molecule has 2 amide bonds. The molecule has 0 bridgehead atoms. The number of fused-ring (bicyclic) bond motifs is 2. The third-order valence-corrected chi connectivity index (χ3v) is 9.72. The number of sulfonamides is 1. The number of ether oxygens (including phenoxy) is 3. The molecule has 0 radical (unpaired) electrons. The minimum absolute atomic E-state index is 0.00416. The fraction of sp³-hybridized carbons (Fsp3) is 0.533. The molecule has 10 nitrogen and oxygen atoms in total. The number of likely N-dealkylation sites (N-methyl/N-ethyl adjacent to an activating group) is 1. The maximum absolute atomic E-state index is 13.5. The van der Waals surface area contributed by atoms with Crippen molar-refractivity contribution in [2.75, 3.05) is 32.0 Å². The third kappa shape index (κ3) is 6.95. The predicted octanol–water partition coefficient (Wildman–Crippen LogP) is 3.96. The first-order chi connectivity index (χ1) is 19.7. The Labute approximate surface area is 241 Å². The van der Waals surface area contributed by atoms with Crippen molar-refractivity contribution >= 4 is 27.5 Å². The minimum atomic E-state index is -3.91. The lowest BCUT2D eigenvalue weighted by Gasteiger charge is -2.42. The SMILES string of the molecule is COc1cccc(S(=O)(=O)Nc2ccc3c(c2)C(=O)N(C)[C@@H]2CC[C@H](CC(=O)NCC4CCCCC4)O[C@@H]2CO3)c1. The summed E-state index contributed by atoms with van der Waals surface area (Å²) in [6.07, 6.45) is 7.14. The van der Waals surface area contributed by atoms with Crippen LogP contribution in [0, 0.1) is 5.92 Å². The van der Waals surface area contributed by atoms with Crippen molar-refractivity contribution in [3.63, 3.8) is 0 Å². The highest BCUT2D eigenvalue weighted by atomic mass is 32.2. The van der Waals surface area contributed by atoms with Gasteiger partial charge in [-0.15, -0.1) is 0 Å². The molecule has 2 fully saturated rings.